The number of thioether (sulfide) groups is 1. The molecule has 0 radical (unpaired) electrons. The maximum absolute atomic E-state index is 13.4. The van der Waals surface area contributed by atoms with Crippen LogP contribution in [0.25, 0.3) is 16.7 Å². The molecule has 7 nitrogen and oxygen atoms in total. The fourth-order valence-electron chi connectivity index (χ4n) is 4.46. The molecule has 2 aromatic heterocycles. The molecule has 0 aliphatic carbocycles. The molecule has 1 aliphatic rings. The van der Waals surface area contributed by atoms with Crippen molar-refractivity contribution in [2.75, 3.05) is 31.9 Å². The second kappa shape index (κ2) is 10.6. The lowest BCUT2D eigenvalue weighted by atomic mass is 10.1. The smallest absolute Gasteiger partial charge is 0.267 e. The number of rotatable bonds is 6. The number of para-hydroxylation sites is 1. The van der Waals surface area contributed by atoms with Crippen LogP contribution in [0.4, 0.5) is 0 Å². The topological polar surface area (TPSA) is 71.3 Å². The highest BCUT2D eigenvalue weighted by atomic mass is 32.2. The molecule has 0 unspecified atom stereocenters. The number of pyridine rings is 1. The van der Waals surface area contributed by atoms with Gasteiger partial charge in [0.25, 0.3) is 5.56 Å². The van der Waals surface area contributed by atoms with Crippen molar-refractivity contribution in [2.24, 2.45) is 0 Å². The number of aryl methyl sites for hydroxylation is 2. The molecule has 4 aromatic rings. The van der Waals surface area contributed by atoms with Crippen LogP contribution in [0.3, 0.4) is 0 Å². The third-order valence-electron chi connectivity index (χ3n) is 6.58. The zero-order chi connectivity index (χ0) is 25.1. The molecule has 0 spiro atoms. The van der Waals surface area contributed by atoms with E-state index in [1.54, 1.807) is 12.3 Å². The number of piperazine rings is 1. The Kier molecular flexibility index (Phi) is 7.16. The van der Waals surface area contributed by atoms with Crippen LogP contribution in [-0.2, 0) is 11.3 Å². The van der Waals surface area contributed by atoms with Gasteiger partial charge in [-0.05, 0) is 54.8 Å². The summed E-state index contributed by atoms with van der Waals surface area (Å²) in [7, 11) is 0. The molecule has 1 aliphatic heterocycles. The van der Waals surface area contributed by atoms with Crippen molar-refractivity contribution in [3.8, 4) is 5.82 Å². The van der Waals surface area contributed by atoms with Crippen LogP contribution in [0, 0.1) is 13.8 Å². The lowest BCUT2D eigenvalue weighted by Crippen LogP contribution is -2.48. The normalized spacial score (nSPS) is 14.3. The van der Waals surface area contributed by atoms with Crippen molar-refractivity contribution in [3.63, 3.8) is 0 Å². The summed E-state index contributed by atoms with van der Waals surface area (Å²) < 4.78 is 1.52. The van der Waals surface area contributed by atoms with Crippen LogP contribution < -0.4 is 5.56 Å². The summed E-state index contributed by atoms with van der Waals surface area (Å²) in [6.07, 6.45) is 1.68. The minimum absolute atomic E-state index is 0.0571. The number of fused-ring (bicyclic) bond motifs is 1. The van der Waals surface area contributed by atoms with Gasteiger partial charge in [-0.2, -0.15) is 0 Å². The fraction of sp³-hybridized carbons (Fsp3) is 0.286. The van der Waals surface area contributed by atoms with Crippen LogP contribution in [0.2, 0.25) is 0 Å². The quantitative estimate of drug-likeness (QED) is 0.297. The molecule has 0 N–H and O–H groups in total. The first kappa shape index (κ1) is 24.2. The molecule has 8 heteroatoms. The van der Waals surface area contributed by atoms with Crippen molar-refractivity contribution < 1.29 is 4.79 Å². The van der Waals surface area contributed by atoms with Crippen LogP contribution in [0.5, 0.6) is 0 Å². The van der Waals surface area contributed by atoms with E-state index in [9.17, 15) is 9.59 Å². The molecule has 1 saturated heterocycles. The van der Waals surface area contributed by atoms with Crippen molar-refractivity contribution in [3.05, 3.63) is 93.9 Å². The molecule has 5 rings (SSSR count). The Balaban J connectivity index is 1.30. The molecule has 3 heterocycles. The number of nitrogens with zero attached hydrogens (tertiary/aromatic N) is 5. The number of aromatic nitrogens is 3. The van der Waals surface area contributed by atoms with E-state index in [0.717, 1.165) is 25.2 Å². The molecule has 0 atom stereocenters. The average Bonchev–Trinajstić information content (AvgIpc) is 2.89. The molecule has 1 fully saturated rings. The predicted octanol–water partition coefficient (Wildman–Crippen LogP) is 3.83. The van der Waals surface area contributed by atoms with Gasteiger partial charge in [0.05, 0.1) is 16.7 Å². The van der Waals surface area contributed by atoms with Gasteiger partial charge in [0, 0.05) is 38.9 Å². The van der Waals surface area contributed by atoms with Crippen LogP contribution >= 0.6 is 11.8 Å². The summed E-state index contributed by atoms with van der Waals surface area (Å²) in [5.74, 6) is 0.786. The highest BCUT2D eigenvalue weighted by Crippen LogP contribution is 2.22. The van der Waals surface area contributed by atoms with Gasteiger partial charge in [0.2, 0.25) is 5.91 Å². The van der Waals surface area contributed by atoms with Gasteiger partial charge in [-0.1, -0.05) is 48.2 Å². The highest BCUT2D eigenvalue weighted by Gasteiger charge is 2.23. The average molecular weight is 500 g/mol. The first-order chi connectivity index (χ1) is 17.5. The van der Waals surface area contributed by atoms with E-state index in [4.69, 9.17) is 4.98 Å². The Hall–Kier alpha value is -3.49. The Labute approximate surface area is 214 Å². The minimum Gasteiger partial charge on any atom is -0.339 e. The number of amides is 1. The van der Waals surface area contributed by atoms with Crippen LogP contribution in [0.15, 0.2) is 76.8 Å². The number of hydrogen-bond donors (Lipinski definition) is 0. The highest BCUT2D eigenvalue weighted by molar-refractivity contribution is 7.99. The Morgan fingerprint density at radius 2 is 1.72 bits per heavy atom. The number of hydrogen-bond acceptors (Lipinski definition) is 6. The third-order valence-corrected chi connectivity index (χ3v) is 7.50. The summed E-state index contributed by atoms with van der Waals surface area (Å²) in [4.78, 5) is 39.9. The molecule has 0 saturated carbocycles. The maximum Gasteiger partial charge on any atom is 0.267 e. The zero-order valence-electron chi connectivity index (χ0n) is 20.6. The monoisotopic (exact) mass is 499 g/mol. The van der Waals surface area contributed by atoms with Gasteiger partial charge < -0.3 is 4.90 Å². The molecular weight excluding hydrogens is 470 g/mol. The van der Waals surface area contributed by atoms with Gasteiger partial charge in [0.15, 0.2) is 5.16 Å². The van der Waals surface area contributed by atoms with Gasteiger partial charge in [-0.15, -0.1) is 0 Å². The number of benzene rings is 2. The Morgan fingerprint density at radius 1 is 0.972 bits per heavy atom. The van der Waals surface area contributed by atoms with Crippen molar-refractivity contribution in [1.29, 1.82) is 0 Å². The minimum atomic E-state index is -0.182. The largest absolute Gasteiger partial charge is 0.339 e. The summed E-state index contributed by atoms with van der Waals surface area (Å²) in [6.45, 7) is 8.08. The van der Waals surface area contributed by atoms with Gasteiger partial charge in [-0.3, -0.25) is 14.5 Å². The Morgan fingerprint density at radius 3 is 2.50 bits per heavy atom. The van der Waals surface area contributed by atoms with Gasteiger partial charge in [0.1, 0.15) is 5.82 Å². The SMILES string of the molecule is Cc1ccnc(-n2c(SCC(=O)N3CCN(Cc4ccccc4C)CC3)nc3ccccc3c2=O)c1. The van der Waals surface area contributed by atoms with E-state index in [2.05, 4.69) is 41.1 Å². The van der Waals surface area contributed by atoms with E-state index in [1.165, 1.54) is 27.5 Å². The molecule has 2 aromatic carbocycles. The predicted molar refractivity (Wildman–Crippen MR) is 144 cm³/mol. The molecule has 184 valence electrons. The molecular formula is C28H29N5O2S. The van der Waals surface area contributed by atoms with E-state index in [-0.39, 0.29) is 17.2 Å². The van der Waals surface area contributed by atoms with Crippen molar-refractivity contribution in [2.45, 2.75) is 25.5 Å². The number of carbonyl (C=O) groups excluding carboxylic acids is 1. The first-order valence-corrected chi connectivity index (χ1v) is 13.1. The van der Waals surface area contributed by atoms with Crippen LogP contribution in [0.1, 0.15) is 16.7 Å². The lowest BCUT2D eigenvalue weighted by Gasteiger charge is -2.35. The molecule has 1 amide bonds. The molecule has 0 bridgehead atoms. The summed E-state index contributed by atoms with van der Waals surface area (Å²) in [6, 6.07) is 19.5. The summed E-state index contributed by atoms with van der Waals surface area (Å²) >= 11 is 1.29. The van der Waals surface area contributed by atoms with E-state index in [1.807, 2.05) is 42.2 Å². The van der Waals surface area contributed by atoms with Crippen molar-refractivity contribution in [1.82, 2.24) is 24.3 Å². The summed E-state index contributed by atoms with van der Waals surface area (Å²) in [5.41, 5.74) is 4.06. The second-order valence-electron chi connectivity index (χ2n) is 9.12. The second-order valence-corrected chi connectivity index (χ2v) is 10.1. The van der Waals surface area contributed by atoms with Crippen molar-refractivity contribution >= 4 is 28.6 Å². The van der Waals surface area contributed by atoms with Crippen LogP contribution in [-0.4, -0.2) is 62.2 Å². The van der Waals surface area contributed by atoms with Gasteiger partial charge >= 0.3 is 0 Å². The van der Waals surface area contributed by atoms with E-state index < -0.39 is 0 Å². The lowest BCUT2D eigenvalue weighted by molar-refractivity contribution is -0.130. The Bertz CT molecular complexity index is 1460. The standard InChI is InChI=1S/C28H29N5O2S/c1-20-11-12-29-25(17-20)33-27(35)23-9-5-6-10-24(23)30-28(33)36-19-26(34)32-15-13-31(14-16-32)18-22-8-4-3-7-21(22)2/h3-12,17H,13-16,18-19H2,1-2H3. The fourth-order valence-corrected chi connectivity index (χ4v) is 5.36. The molecule has 36 heavy (non-hydrogen) atoms. The summed E-state index contributed by atoms with van der Waals surface area (Å²) in [5, 5.41) is 1.00. The zero-order valence-corrected chi connectivity index (χ0v) is 21.4. The first-order valence-electron chi connectivity index (χ1n) is 12.1. The van der Waals surface area contributed by atoms with Gasteiger partial charge in [-0.25, -0.2) is 14.5 Å². The van der Waals surface area contributed by atoms with E-state index in [0.29, 0.717) is 35.0 Å². The third kappa shape index (κ3) is 5.20. The number of carbonyl (C=O) groups is 1. The van der Waals surface area contributed by atoms with E-state index >= 15 is 0 Å². The maximum atomic E-state index is 13.4.